The summed E-state index contributed by atoms with van der Waals surface area (Å²) < 4.78 is 0.845. The van der Waals surface area contributed by atoms with Gasteiger partial charge >= 0.3 is 0 Å². The van der Waals surface area contributed by atoms with E-state index in [1.54, 1.807) is 30.3 Å². The highest BCUT2D eigenvalue weighted by Gasteiger charge is 2.13. The van der Waals surface area contributed by atoms with Gasteiger partial charge in [0.05, 0.1) is 11.6 Å². The summed E-state index contributed by atoms with van der Waals surface area (Å²) in [4.78, 5) is 12.2. The van der Waals surface area contributed by atoms with Gasteiger partial charge in [-0.2, -0.15) is 0 Å². The van der Waals surface area contributed by atoms with Gasteiger partial charge in [-0.15, -0.1) is 0 Å². The molecule has 0 bridgehead atoms. The number of benzene rings is 2. The SMILES string of the molecule is C[C@H](NC(=O)c1ccc(Br)cc1N)c1ccc(Cl)cc1. The number of hydrogen-bond donors (Lipinski definition) is 2. The lowest BCUT2D eigenvalue weighted by atomic mass is 10.1. The topological polar surface area (TPSA) is 55.1 Å². The highest BCUT2D eigenvalue weighted by Crippen LogP contribution is 2.20. The first kappa shape index (κ1) is 14.9. The first-order chi connectivity index (χ1) is 9.47. The molecule has 0 heterocycles. The van der Waals surface area contributed by atoms with Crippen LogP contribution in [0, 0.1) is 0 Å². The number of nitrogens with two attached hydrogens (primary N) is 1. The summed E-state index contributed by atoms with van der Waals surface area (Å²) >= 11 is 9.16. The number of anilines is 1. The Morgan fingerprint density at radius 2 is 1.90 bits per heavy atom. The molecule has 0 spiro atoms. The van der Waals surface area contributed by atoms with Crippen LogP contribution in [0.15, 0.2) is 46.9 Å². The van der Waals surface area contributed by atoms with Crippen LogP contribution in [0.1, 0.15) is 28.9 Å². The number of hydrogen-bond acceptors (Lipinski definition) is 2. The smallest absolute Gasteiger partial charge is 0.253 e. The fourth-order valence-corrected chi connectivity index (χ4v) is 2.35. The van der Waals surface area contributed by atoms with Crippen LogP contribution in [0.3, 0.4) is 0 Å². The summed E-state index contributed by atoms with van der Waals surface area (Å²) in [6, 6.07) is 12.4. The summed E-state index contributed by atoms with van der Waals surface area (Å²) in [5.74, 6) is -0.197. The number of rotatable bonds is 3. The molecule has 0 saturated carbocycles. The van der Waals surface area contributed by atoms with Gasteiger partial charge < -0.3 is 11.1 Å². The number of carbonyl (C=O) groups is 1. The van der Waals surface area contributed by atoms with E-state index in [2.05, 4.69) is 21.2 Å². The molecule has 5 heteroatoms. The van der Waals surface area contributed by atoms with Crippen LogP contribution in [-0.4, -0.2) is 5.91 Å². The van der Waals surface area contributed by atoms with Crippen LogP contribution in [0.2, 0.25) is 5.02 Å². The van der Waals surface area contributed by atoms with Crippen LogP contribution < -0.4 is 11.1 Å². The maximum atomic E-state index is 12.2. The van der Waals surface area contributed by atoms with Crippen molar-refractivity contribution in [3.8, 4) is 0 Å². The van der Waals surface area contributed by atoms with E-state index >= 15 is 0 Å². The molecule has 20 heavy (non-hydrogen) atoms. The van der Waals surface area contributed by atoms with Gasteiger partial charge in [-0.05, 0) is 42.8 Å². The predicted molar refractivity (Wildman–Crippen MR) is 85.9 cm³/mol. The molecular formula is C15H14BrClN2O. The molecule has 0 radical (unpaired) electrons. The minimum Gasteiger partial charge on any atom is -0.398 e. The molecule has 1 amide bonds. The van der Waals surface area contributed by atoms with Crippen molar-refractivity contribution < 1.29 is 4.79 Å². The second kappa shape index (κ2) is 6.29. The molecule has 3 N–H and O–H groups in total. The van der Waals surface area contributed by atoms with Crippen molar-refractivity contribution >= 4 is 39.1 Å². The lowest BCUT2D eigenvalue weighted by Crippen LogP contribution is -2.27. The molecule has 2 rings (SSSR count). The first-order valence-corrected chi connectivity index (χ1v) is 7.26. The Morgan fingerprint density at radius 3 is 2.50 bits per heavy atom. The van der Waals surface area contributed by atoms with Gasteiger partial charge in [0.15, 0.2) is 0 Å². The second-order valence-corrected chi connectivity index (χ2v) is 5.83. The van der Waals surface area contributed by atoms with Gasteiger partial charge in [-0.25, -0.2) is 0 Å². The van der Waals surface area contributed by atoms with E-state index < -0.39 is 0 Å². The standard InChI is InChI=1S/C15H14BrClN2O/c1-9(10-2-5-12(17)6-3-10)19-15(20)13-7-4-11(16)8-14(13)18/h2-9H,18H2,1H3,(H,19,20)/t9-/m0/s1. The van der Waals surface area contributed by atoms with E-state index in [-0.39, 0.29) is 11.9 Å². The zero-order valence-corrected chi connectivity index (χ0v) is 13.2. The van der Waals surface area contributed by atoms with Crippen molar-refractivity contribution in [1.29, 1.82) is 0 Å². The van der Waals surface area contributed by atoms with Crippen molar-refractivity contribution in [2.75, 3.05) is 5.73 Å². The highest BCUT2D eigenvalue weighted by atomic mass is 79.9. The number of nitrogens with one attached hydrogen (secondary N) is 1. The fraction of sp³-hybridized carbons (Fsp3) is 0.133. The van der Waals surface area contributed by atoms with E-state index in [4.69, 9.17) is 17.3 Å². The van der Waals surface area contributed by atoms with Gasteiger partial charge in [-0.1, -0.05) is 39.7 Å². The molecule has 0 aliphatic heterocycles. The Labute approximate surface area is 131 Å². The number of carbonyl (C=O) groups excluding carboxylic acids is 1. The maximum Gasteiger partial charge on any atom is 0.253 e. The molecule has 3 nitrogen and oxygen atoms in total. The zero-order chi connectivity index (χ0) is 14.7. The second-order valence-electron chi connectivity index (χ2n) is 4.48. The third kappa shape index (κ3) is 3.52. The largest absolute Gasteiger partial charge is 0.398 e. The number of nitrogen functional groups attached to an aromatic ring is 1. The Morgan fingerprint density at radius 1 is 1.25 bits per heavy atom. The average Bonchev–Trinajstić information content (AvgIpc) is 2.39. The Bertz CT molecular complexity index is 628. The maximum absolute atomic E-state index is 12.2. The lowest BCUT2D eigenvalue weighted by molar-refractivity contribution is 0.0941. The summed E-state index contributed by atoms with van der Waals surface area (Å²) in [6.45, 7) is 1.91. The highest BCUT2D eigenvalue weighted by molar-refractivity contribution is 9.10. The van der Waals surface area contributed by atoms with Crippen molar-refractivity contribution in [3.63, 3.8) is 0 Å². The van der Waals surface area contributed by atoms with Gasteiger partial charge in [0, 0.05) is 15.2 Å². The molecular weight excluding hydrogens is 340 g/mol. The van der Waals surface area contributed by atoms with Crippen LogP contribution in [0.5, 0.6) is 0 Å². The molecule has 1 atom stereocenters. The van der Waals surface area contributed by atoms with Crippen molar-refractivity contribution in [1.82, 2.24) is 5.32 Å². The van der Waals surface area contributed by atoms with E-state index in [1.807, 2.05) is 19.1 Å². The van der Waals surface area contributed by atoms with E-state index in [0.29, 0.717) is 16.3 Å². The quantitative estimate of drug-likeness (QED) is 0.813. The van der Waals surface area contributed by atoms with E-state index in [1.165, 1.54) is 0 Å². The predicted octanol–water partition coefficient (Wildman–Crippen LogP) is 4.18. The summed E-state index contributed by atoms with van der Waals surface area (Å²) in [5, 5.41) is 3.59. The molecule has 2 aromatic rings. The molecule has 0 aliphatic carbocycles. The number of amides is 1. The van der Waals surface area contributed by atoms with Crippen LogP contribution in [0.25, 0.3) is 0 Å². The Hall–Kier alpha value is -1.52. The van der Waals surface area contributed by atoms with Gasteiger partial charge in [0.1, 0.15) is 0 Å². The minimum absolute atomic E-state index is 0.122. The summed E-state index contributed by atoms with van der Waals surface area (Å²) in [7, 11) is 0. The molecule has 0 fully saturated rings. The average molecular weight is 354 g/mol. The molecule has 2 aromatic carbocycles. The van der Waals surface area contributed by atoms with Crippen molar-refractivity contribution in [3.05, 3.63) is 63.1 Å². The summed E-state index contributed by atoms with van der Waals surface area (Å²) in [5.41, 5.74) is 7.74. The molecule has 104 valence electrons. The lowest BCUT2D eigenvalue weighted by Gasteiger charge is -2.15. The van der Waals surface area contributed by atoms with Gasteiger partial charge in [0.2, 0.25) is 0 Å². The fourth-order valence-electron chi connectivity index (χ4n) is 1.85. The van der Waals surface area contributed by atoms with E-state index in [9.17, 15) is 4.79 Å². The molecule has 0 saturated heterocycles. The van der Waals surface area contributed by atoms with Crippen molar-refractivity contribution in [2.45, 2.75) is 13.0 Å². The summed E-state index contributed by atoms with van der Waals surface area (Å²) in [6.07, 6.45) is 0. The van der Waals surface area contributed by atoms with Crippen LogP contribution in [0.4, 0.5) is 5.69 Å². The van der Waals surface area contributed by atoms with Gasteiger partial charge in [-0.3, -0.25) is 4.79 Å². The Kier molecular flexibility index (Phi) is 4.68. The van der Waals surface area contributed by atoms with Crippen molar-refractivity contribution in [2.24, 2.45) is 0 Å². The van der Waals surface area contributed by atoms with Gasteiger partial charge in [0.25, 0.3) is 5.91 Å². The zero-order valence-electron chi connectivity index (χ0n) is 10.9. The monoisotopic (exact) mass is 352 g/mol. The molecule has 0 aromatic heterocycles. The third-order valence-electron chi connectivity index (χ3n) is 2.98. The third-order valence-corrected chi connectivity index (χ3v) is 3.72. The van der Waals surface area contributed by atoms with E-state index in [0.717, 1.165) is 10.0 Å². The Balaban J connectivity index is 2.13. The molecule has 0 unspecified atom stereocenters. The minimum atomic E-state index is -0.197. The first-order valence-electron chi connectivity index (χ1n) is 6.08. The molecule has 0 aliphatic rings. The normalized spacial score (nSPS) is 11.9. The van der Waals surface area contributed by atoms with Crippen LogP contribution in [-0.2, 0) is 0 Å². The van der Waals surface area contributed by atoms with Crippen LogP contribution >= 0.6 is 27.5 Å². The number of halogens is 2.